The van der Waals surface area contributed by atoms with Crippen LogP contribution in [0.4, 0.5) is 5.69 Å². The summed E-state index contributed by atoms with van der Waals surface area (Å²) in [7, 11) is 0. The predicted molar refractivity (Wildman–Crippen MR) is 100 cm³/mol. The first-order chi connectivity index (χ1) is 13.3. The van der Waals surface area contributed by atoms with Crippen molar-refractivity contribution in [1.82, 2.24) is 14.8 Å². The highest BCUT2D eigenvalue weighted by molar-refractivity contribution is 6.04. The van der Waals surface area contributed by atoms with Crippen molar-refractivity contribution < 1.29 is 14.3 Å². The number of nitrogens with zero attached hydrogens (tertiary/aromatic N) is 3. The molecule has 0 unspecified atom stereocenters. The number of anilines is 1. The van der Waals surface area contributed by atoms with Crippen LogP contribution in [-0.2, 0) is 4.74 Å². The minimum atomic E-state index is -0.200. The number of pyridine rings is 1. The Kier molecular flexibility index (Phi) is 5.11. The van der Waals surface area contributed by atoms with Gasteiger partial charge in [0.2, 0.25) is 0 Å². The molecule has 0 aliphatic carbocycles. The summed E-state index contributed by atoms with van der Waals surface area (Å²) >= 11 is 0. The van der Waals surface area contributed by atoms with Crippen molar-refractivity contribution >= 4 is 11.6 Å². The smallest absolute Gasteiger partial charge is 0.255 e. The van der Waals surface area contributed by atoms with Crippen molar-refractivity contribution in [2.45, 2.75) is 18.9 Å². The first-order valence-corrected chi connectivity index (χ1v) is 8.90. The predicted octanol–water partition coefficient (Wildman–Crippen LogP) is 3.08. The molecule has 7 heteroatoms. The summed E-state index contributed by atoms with van der Waals surface area (Å²) in [6.07, 6.45) is 7.39. The molecule has 1 saturated heterocycles. The van der Waals surface area contributed by atoms with Crippen molar-refractivity contribution in [3.8, 4) is 11.6 Å². The van der Waals surface area contributed by atoms with E-state index in [-0.39, 0.29) is 12.0 Å². The second kappa shape index (κ2) is 8.01. The molecule has 138 valence electrons. The molecule has 1 aliphatic heterocycles. The summed E-state index contributed by atoms with van der Waals surface area (Å²) in [5, 5.41) is 6.96. The fourth-order valence-electron chi connectivity index (χ4n) is 2.87. The van der Waals surface area contributed by atoms with Gasteiger partial charge < -0.3 is 14.8 Å². The molecule has 0 spiro atoms. The fourth-order valence-corrected chi connectivity index (χ4v) is 2.87. The van der Waals surface area contributed by atoms with E-state index in [1.165, 1.54) is 0 Å². The number of ether oxygens (including phenoxy) is 2. The average molecular weight is 364 g/mol. The quantitative estimate of drug-likeness (QED) is 0.727. The van der Waals surface area contributed by atoms with Crippen molar-refractivity contribution in [3.63, 3.8) is 0 Å². The summed E-state index contributed by atoms with van der Waals surface area (Å²) < 4.78 is 12.9. The molecule has 27 heavy (non-hydrogen) atoms. The Morgan fingerprint density at radius 2 is 2.15 bits per heavy atom. The summed E-state index contributed by atoms with van der Waals surface area (Å²) in [5.74, 6) is 1.22. The molecule has 1 aliphatic rings. The molecule has 3 heterocycles. The van der Waals surface area contributed by atoms with E-state index >= 15 is 0 Å². The Morgan fingerprint density at radius 3 is 2.81 bits per heavy atom. The van der Waals surface area contributed by atoms with Gasteiger partial charge in [0, 0.05) is 24.6 Å². The topological polar surface area (TPSA) is 78.3 Å². The molecule has 0 radical (unpaired) electrons. The standard InChI is InChI=1S/C20H20N4O3/c25-20(23-16-6-9-19(21-13-16)24-11-2-10-22-24)15-4-7-17(8-5-15)27-14-18-3-1-12-26-18/h2,4-11,13,18H,1,3,12,14H2,(H,23,25)/t18-/m1/s1. The summed E-state index contributed by atoms with van der Waals surface area (Å²) in [6.45, 7) is 1.35. The molecular weight excluding hydrogens is 344 g/mol. The molecule has 0 bridgehead atoms. The molecular formula is C20H20N4O3. The third-order valence-corrected chi connectivity index (χ3v) is 4.32. The molecule has 1 N–H and O–H groups in total. The zero-order valence-electron chi connectivity index (χ0n) is 14.7. The van der Waals surface area contributed by atoms with Gasteiger partial charge in [0.25, 0.3) is 5.91 Å². The van der Waals surface area contributed by atoms with Gasteiger partial charge in [-0.1, -0.05) is 0 Å². The van der Waals surface area contributed by atoms with Crippen LogP contribution in [0.1, 0.15) is 23.2 Å². The fraction of sp³-hybridized carbons (Fsp3) is 0.250. The molecule has 2 aromatic heterocycles. The average Bonchev–Trinajstić information content (AvgIpc) is 3.41. The van der Waals surface area contributed by atoms with Gasteiger partial charge in [0.1, 0.15) is 12.4 Å². The van der Waals surface area contributed by atoms with Crippen molar-refractivity contribution in [1.29, 1.82) is 0 Å². The van der Waals surface area contributed by atoms with Crippen LogP contribution in [0.2, 0.25) is 0 Å². The van der Waals surface area contributed by atoms with Gasteiger partial charge in [-0.05, 0) is 55.3 Å². The largest absolute Gasteiger partial charge is 0.491 e. The monoisotopic (exact) mass is 364 g/mol. The molecule has 0 saturated carbocycles. The maximum atomic E-state index is 12.4. The second-order valence-electron chi connectivity index (χ2n) is 6.28. The molecule has 3 aromatic rings. The molecule has 4 rings (SSSR count). The third-order valence-electron chi connectivity index (χ3n) is 4.32. The summed E-state index contributed by atoms with van der Waals surface area (Å²) in [6, 6.07) is 12.5. The normalized spacial score (nSPS) is 16.2. The lowest BCUT2D eigenvalue weighted by molar-refractivity contribution is 0.0679. The first kappa shape index (κ1) is 17.2. The highest BCUT2D eigenvalue weighted by Crippen LogP contribution is 2.17. The summed E-state index contributed by atoms with van der Waals surface area (Å²) in [5.41, 5.74) is 1.17. The number of nitrogens with one attached hydrogen (secondary N) is 1. The lowest BCUT2D eigenvalue weighted by atomic mass is 10.2. The van der Waals surface area contributed by atoms with E-state index in [1.807, 2.05) is 12.3 Å². The minimum Gasteiger partial charge on any atom is -0.491 e. The number of hydrogen-bond acceptors (Lipinski definition) is 5. The van der Waals surface area contributed by atoms with Gasteiger partial charge >= 0.3 is 0 Å². The zero-order valence-corrected chi connectivity index (χ0v) is 14.7. The van der Waals surface area contributed by atoms with Gasteiger partial charge in [-0.25, -0.2) is 9.67 Å². The highest BCUT2D eigenvalue weighted by atomic mass is 16.5. The number of benzene rings is 1. The van der Waals surface area contributed by atoms with Gasteiger partial charge in [0.05, 0.1) is 18.0 Å². The van der Waals surface area contributed by atoms with Gasteiger partial charge in [0.15, 0.2) is 5.82 Å². The highest BCUT2D eigenvalue weighted by Gasteiger charge is 2.16. The number of rotatable bonds is 6. The van der Waals surface area contributed by atoms with E-state index in [0.717, 1.165) is 25.2 Å². The number of carbonyl (C=O) groups excluding carboxylic acids is 1. The van der Waals surface area contributed by atoms with Crippen LogP contribution in [0.25, 0.3) is 5.82 Å². The van der Waals surface area contributed by atoms with E-state index in [0.29, 0.717) is 23.7 Å². The summed E-state index contributed by atoms with van der Waals surface area (Å²) in [4.78, 5) is 16.7. The Bertz CT molecular complexity index is 871. The van der Waals surface area contributed by atoms with Crippen molar-refractivity contribution in [2.24, 2.45) is 0 Å². The maximum Gasteiger partial charge on any atom is 0.255 e. The van der Waals surface area contributed by atoms with E-state index in [2.05, 4.69) is 15.4 Å². The van der Waals surface area contributed by atoms with E-state index < -0.39 is 0 Å². The van der Waals surface area contributed by atoms with Crippen LogP contribution >= 0.6 is 0 Å². The van der Waals surface area contributed by atoms with E-state index in [4.69, 9.17) is 9.47 Å². The number of amides is 1. The number of aromatic nitrogens is 3. The lowest BCUT2D eigenvalue weighted by Crippen LogP contribution is -2.16. The third kappa shape index (κ3) is 4.32. The molecule has 7 nitrogen and oxygen atoms in total. The van der Waals surface area contributed by atoms with Crippen LogP contribution < -0.4 is 10.1 Å². The zero-order chi connectivity index (χ0) is 18.5. The second-order valence-corrected chi connectivity index (χ2v) is 6.28. The molecule has 1 atom stereocenters. The minimum absolute atomic E-state index is 0.171. The molecule has 1 fully saturated rings. The SMILES string of the molecule is O=C(Nc1ccc(-n2cccn2)nc1)c1ccc(OC[C@H]2CCCO2)cc1. The lowest BCUT2D eigenvalue weighted by Gasteiger charge is -2.12. The van der Waals surface area contributed by atoms with Crippen LogP contribution in [0, 0.1) is 0 Å². The van der Waals surface area contributed by atoms with E-state index in [9.17, 15) is 4.79 Å². The number of hydrogen-bond donors (Lipinski definition) is 1. The Balaban J connectivity index is 1.33. The van der Waals surface area contributed by atoms with Crippen LogP contribution in [0.3, 0.4) is 0 Å². The number of carbonyl (C=O) groups is 1. The Labute approximate surface area is 156 Å². The molecule has 1 amide bonds. The van der Waals surface area contributed by atoms with Crippen LogP contribution in [0.15, 0.2) is 61.1 Å². The first-order valence-electron chi connectivity index (χ1n) is 8.90. The van der Waals surface area contributed by atoms with Gasteiger partial charge in [-0.15, -0.1) is 0 Å². The van der Waals surface area contributed by atoms with Gasteiger partial charge in [-0.2, -0.15) is 5.10 Å². The van der Waals surface area contributed by atoms with Crippen LogP contribution in [0.5, 0.6) is 5.75 Å². The van der Waals surface area contributed by atoms with E-state index in [1.54, 1.807) is 53.5 Å². The van der Waals surface area contributed by atoms with Crippen LogP contribution in [-0.4, -0.2) is 40.0 Å². The Morgan fingerprint density at radius 1 is 1.26 bits per heavy atom. The molecule has 1 aromatic carbocycles. The van der Waals surface area contributed by atoms with Crippen molar-refractivity contribution in [3.05, 3.63) is 66.6 Å². The Hall–Kier alpha value is -3.19. The van der Waals surface area contributed by atoms with Gasteiger partial charge in [-0.3, -0.25) is 4.79 Å². The maximum absolute atomic E-state index is 12.4. The van der Waals surface area contributed by atoms with Crippen molar-refractivity contribution in [2.75, 3.05) is 18.5 Å².